The summed E-state index contributed by atoms with van der Waals surface area (Å²) in [5.74, 6) is 1.64. The van der Waals surface area contributed by atoms with Crippen LogP contribution in [-0.2, 0) is 6.54 Å². The molecule has 1 saturated carbocycles. The summed E-state index contributed by atoms with van der Waals surface area (Å²) in [5.41, 5.74) is 7.96. The van der Waals surface area contributed by atoms with Crippen molar-refractivity contribution in [2.45, 2.75) is 38.6 Å². The second-order valence-electron chi connectivity index (χ2n) is 3.53. The zero-order chi connectivity index (χ0) is 8.55. The van der Waals surface area contributed by atoms with Crippen LogP contribution in [0.3, 0.4) is 0 Å². The third kappa shape index (κ3) is 1.14. The Morgan fingerprint density at radius 1 is 1.58 bits per heavy atom. The number of hydrogen-bond acceptors (Lipinski definition) is 2. The molecule has 12 heavy (non-hydrogen) atoms. The Bertz CT molecular complexity index is 273. The molecular formula is C9H15N3. The molecule has 1 heterocycles. The van der Waals surface area contributed by atoms with Crippen molar-refractivity contribution in [2.75, 3.05) is 0 Å². The molecule has 0 aromatic carbocycles. The lowest BCUT2D eigenvalue weighted by molar-refractivity contribution is 0.410. The molecule has 1 aromatic heterocycles. The molecule has 1 aliphatic rings. The predicted octanol–water partition coefficient (Wildman–Crippen LogP) is 1.44. The lowest BCUT2D eigenvalue weighted by atomic mass is 9.82. The molecular weight excluding hydrogens is 150 g/mol. The van der Waals surface area contributed by atoms with Gasteiger partial charge in [-0.3, -0.25) is 0 Å². The van der Waals surface area contributed by atoms with Gasteiger partial charge in [-0.25, -0.2) is 4.98 Å². The van der Waals surface area contributed by atoms with Crippen molar-refractivity contribution in [2.24, 2.45) is 5.73 Å². The molecule has 3 nitrogen and oxygen atoms in total. The summed E-state index contributed by atoms with van der Waals surface area (Å²) < 4.78 is 0. The van der Waals surface area contributed by atoms with Crippen LogP contribution >= 0.6 is 0 Å². The minimum Gasteiger partial charge on any atom is -0.345 e. The molecule has 0 saturated heterocycles. The Morgan fingerprint density at radius 2 is 2.33 bits per heavy atom. The summed E-state index contributed by atoms with van der Waals surface area (Å²) in [4.78, 5) is 7.68. The average Bonchev–Trinajstić information content (AvgIpc) is 2.29. The van der Waals surface area contributed by atoms with Crippen molar-refractivity contribution in [3.63, 3.8) is 0 Å². The van der Waals surface area contributed by atoms with Gasteiger partial charge < -0.3 is 10.7 Å². The van der Waals surface area contributed by atoms with E-state index in [0.717, 1.165) is 5.82 Å². The number of imidazole rings is 1. The van der Waals surface area contributed by atoms with Crippen molar-refractivity contribution in [1.29, 1.82) is 0 Å². The molecule has 0 radical (unpaired) electrons. The number of aromatic amines is 1. The van der Waals surface area contributed by atoms with Crippen LogP contribution < -0.4 is 5.73 Å². The first kappa shape index (κ1) is 7.80. The number of nitrogens with two attached hydrogens (primary N) is 1. The van der Waals surface area contributed by atoms with E-state index in [1.807, 2.05) is 0 Å². The van der Waals surface area contributed by atoms with Gasteiger partial charge in [0, 0.05) is 11.6 Å². The van der Waals surface area contributed by atoms with Gasteiger partial charge in [0.1, 0.15) is 5.82 Å². The lowest BCUT2D eigenvalue weighted by Gasteiger charge is -2.23. The Labute approximate surface area is 72.4 Å². The molecule has 1 fully saturated rings. The number of aromatic nitrogens is 2. The van der Waals surface area contributed by atoms with E-state index in [0.29, 0.717) is 12.5 Å². The van der Waals surface area contributed by atoms with Gasteiger partial charge in [0.15, 0.2) is 0 Å². The van der Waals surface area contributed by atoms with Crippen LogP contribution in [-0.4, -0.2) is 9.97 Å². The highest BCUT2D eigenvalue weighted by molar-refractivity contribution is 5.19. The van der Waals surface area contributed by atoms with E-state index in [1.165, 1.54) is 30.7 Å². The maximum absolute atomic E-state index is 5.50. The van der Waals surface area contributed by atoms with E-state index in [4.69, 9.17) is 5.73 Å². The van der Waals surface area contributed by atoms with E-state index in [9.17, 15) is 0 Å². The number of hydrogen-bond donors (Lipinski definition) is 2. The van der Waals surface area contributed by atoms with Crippen LogP contribution in [0.2, 0.25) is 0 Å². The Kier molecular flexibility index (Phi) is 1.89. The monoisotopic (exact) mass is 165 g/mol. The molecule has 1 aliphatic carbocycles. The van der Waals surface area contributed by atoms with Gasteiger partial charge in [-0.1, -0.05) is 6.42 Å². The highest BCUT2D eigenvalue weighted by Crippen LogP contribution is 2.36. The molecule has 66 valence electrons. The van der Waals surface area contributed by atoms with Crippen LogP contribution in [0.15, 0.2) is 0 Å². The minimum atomic E-state index is 0.521. The number of aryl methyl sites for hydroxylation is 1. The second-order valence-corrected chi connectivity index (χ2v) is 3.53. The van der Waals surface area contributed by atoms with Crippen LogP contribution in [0.5, 0.6) is 0 Å². The molecule has 0 unspecified atom stereocenters. The van der Waals surface area contributed by atoms with Crippen molar-refractivity contribution in [3.05, 3.63) is 17.2 Å². The molecule has 0 atom stereocenters. The smallest absolute Gasteiger partial charge is 0.120 e. The van der Waals surface area contributed by atoms with Gasteiger partial charge in [0.25, 0.3) is 0 Å². The van der Waals surface area contributed by atoms with E-state index in [2.05, 4.69) is 16.9 Å². The third-order valence-electron chi connectivity index (χ3n) is 2.66. The number of nitrogens with zero attached hydrogens (tertiary/aromatic N) is 1. The standard InChI is InChI=1S/C9H15N3/c1-6-9(7-3-2-4-7)12-8(5-10)11-6/h7H,2-5,10H2,1H3,(H,11,12). The second kappa shape index (κ2) is 2.90. The number of nitrogens with one attached hydrogen (secondary N) is 1. The molecule has 0 amide bonds. The maximum atomic E-state index is 5.50. The Morgan fingerprint density at radius 3 is 2.75 bits per heavy atom. The summed E-state index contributed by atoms with van der Waals surface area (Å²) >= 11 is 0. The summed E-state index contributed by atoms with van der Waals surface area (Å²) in [7, 11) is 0. The summed E-state index contributed by atoms with van der Waals surface area (Å²) in [5, 5.41) is 0. The molecule has 0 spiro atoms. The van der Waals surface area contributed by atoms with E-state index < -0.39 is 0 Å². The van der Waals surface area contributed by atoms with Crippen molar-refractivity contribution in [1.82, 2.24) is 9.97 Å². The van der Waals surface area contributed by atoms with E-state index in [1.54, 1.807) is 0 Å². The maximum Gasteiger partial charge on any atom is 0.120 e. The SMILES string of the molecule is Cc1[nH]c(CN)nc1C1CCC1. The Hall–Kier alpha value is -0.830. The average molecular weight is 165 g/mol. The normalized spacial score (nSPS) is 17.8. The fourth-order valence-electron chi connectivity index (χ4n) is 1.71. The molecule has 0 bridgehead atoms. The fourth-order valence-corrected chi connectivity index (χ4v) is 1.71. The lowest BCUT2D eigenvalue weighted by Crippen LogP contribution is -2.10. The predicted molar refractivity (Wildman–Crippen MR) is 47.8 cm³/mol. The van der Waals surface area contributed by atoms with Crippen LogP contribution in [0.1, 0.15) is 42.4 Å². The van der Waals surface area contributed by atoms with Crippen LogP contribution in [0.25, 0.3) is 0 Å². The van der Waals surface area contributed by atoms with Gasteiger partial charge >= 0.3 is 0 Å². The van der Waals surface area contributed by atoms with Gasteiger partial charge in [0.05, 0.1) is 12.2 Å². The van der Waals surface area contributed by atoms with Crippen molar-refractivity contribution < 1.29 is 0 Å². The van der Waals surface area contributed by atoms with Gasteiger partial charge in [-0.2, -0.15) is 0 Å². The first-order valence-corrected chi connectivity index (χ1v) is 4.56. The highest BCUT2D eigenvalue weighted by Gasteiger charge is 2.23. The van der Waals surface area contributed by atoms with Gasteiger partial charge in [0.2, 0.25) is 0 Å². The topological polar surface area (TPSA) is 54.7 Å². The largest absolute Gasteiger partial charge is 0.345 e. The van der Waals surface area contributed by atoms with E-state index >= 15 is 0 Å². The van der Waals surface area contributed by atoms with Crippen LogP contribution in [0.4, 0.5) is 0 Å². The quantitative estimate of drug-likeness (QED) is 0.696. The highest BCUT2D eigenvalue weighted by atomic mass is 15.0. The fraction of sp³-hybridized carbons (Fsp3) is 0.667. The summed E-state index contributed by atoms with van der Waals surface area (Å²) in [6.07, 6.45) is 3.96. The van der Waals surface area contributed by atoms with Gasteiger partial charge in [-0.05, 0) is 19.8 Å². The van der Waals surface area contributed by atoms with Gasteiger partial charge in [-0.15, -0.1) is 0 Å². The first-order chi connectivity index (χ1) is 5.81. The molecule has 1 aromatic rings. The number of rotatable bonds is 2. The van der Waals surface area contributed by atoms with E-state index in [-0.39, 0.29) is 0 Å². The van der Waals surface area contributed by atoms with Crippen molar-refractivity contribution >= 4 is 0 Å². The number of H-pyrrole nitrogens is 1. The summed E-state index contributed by atoms with van der Waals surface area (Å²) in [6.45, 7) is 2.60. The first-order valence-electron chi connectivity index (χ1n) is 4.56. The van der Waals surface area contributed by atoms with Crippen molar-refractivity contribution in [3.8, 4) is 0 Å². The molecule has 2 rings (SSSR count). The Balaban J connectivity index is 2.23. The molecule has 3 heteroatoms. The molecule has 0 aliphatic heterocycles. The zero-order valence-corrected chi connectivity index (χ0v) is 7.43. The minimum absolute atomic E-state index is 0.521. The summed E-state index contributed by atoms with van der Waals surface area (Å²) in [6, 6.07) is 0. The molecule has 3 N–H and O–H groups in total. The third-order valence-corrected chi connectivity index (χ3v) is 2.66. The van der Waals surface area contributed by atoms with Crippen LogP contribution in [0, 0.1) is 6.92 Å². The zero-order valence-electron chi connectivity index (χ0n) is 7.43.